The van der Waals surface area contributed by atoms with Crippen LogP contribution in [-0.2, 0) is 19.1 Å². The molecule has 128 valence electrons. The van der Waals surface area contributed by atoms with Crippen molar-refractivity contribution in [1.82, 2.24) is 4.90 Å². The number of carbonyl (C=O) groups excluding carboxylic acids is 2. The minimum Gasteiger partial charge on any atom is -0.478 e. The van der Waals surface area contributed by atoms with Crippen LogP contribution in [0.25, 0.3) is 0 Å². The number of hydrogen-bond acceptors (Lipinski definition) is 6. The van der Waals surface area contributed by atoms with E-state index < -0.39 is 30.3 Å². The second-order valence-corrected chi connectivity index (χ2v) is 5.78. The fraction of sp³-hybridized carbons (Fsp3) is 0.667. The lowest BCUT2D eigenvalue weighted by Crippen LogP contribution is -2.45. The van der Waals surface area contributed by atoms with Crippen LogP contribution in [0.3, 0.4) is 0 Å². The summed E-state index contributed by atoms with van der Waals surface area (Å²) in [6, 6.07) is 0. The number of carbonyl (C=O) groups is 3. The fourth-order valence-corrected chi connectivity index (χ4v) is 2.88. The Hall–Kier alpha value is -1.77. The SMILES string of the molecule is O=C(O)/C=C/C1CN([C@H]2CC(O)[C@@H](CO)O2)C(=O)CCCC1=O. The average Bonchev–Trinajstić information content (AvgIpc) is 2.86. The number of ether oxygens (including phenoxy) is 1. The van der Waals surface area contributed by atoms with E-state index in [-0.39, 0.29) is 44.1 Å². The van der Waals surface area contributed by atoms with Gasteiger partial charge in [-0.15, -0.1) is 0 Å². The number of rotatable bonds is 4. The second kappa shape index (κ2) is 7.67. The largest absolute Gasteiger partial charge is 0.478 e. The molecule has 0 aromatic heterocycles. The van der Waals surface area contributed by atoms with Crippen molar-refractivity contribution < 1.29 is 34.4 Å². The molecule has 8 nitrogen and oxygen atoms in total. The van der Waals surface area contributed by atoms with Crippen LogP contribution in [0.1, 0.15) is 25.7 Å². The molecule has 1 amide bonds. The van der Waals surface area contributed by atoms with E-state index in [4.69, 9.17) is 14.9 Å². The van der Waals surface area contributed by atoms with Crippen molar-refractivity contribution >= 4 is 17.7 Å². The van der Waals surface area contributed by atoms with Gasteiger partial charge in [0, 0.05) is 31.9 Å². The van der Waals surface area contributed by atoms with Gasteiger partial charge in [0.05, 0.1) is 18.6 Å². The first-order valence-electron chi connectivity index (χ1n) is 7.60. The molecule has 8 heteroatoms. The molecule has 0 radical (unpaired) electrons. The summed E-state index contributed by atoms with van der Waals surface area (Å²) >= 11 is 0. The van der Waals surface area contributed by atoms with Crippen LogP contribution >= 0.6 is 0 Å². The molecule has 4 atom stereocenters. The summed E-state index contributed by atoms with van der Waals surface area (Å²) in [5.74, 6) is -2.21. The lowest BCUT2D eigenvalue weighted by atomic mass is 9.95. The first-order valence-corrected chi connectivity index (χ1v) is 7.60. The van der Waals surface area contributed by atoms with E-state index in [9.17, 15) is 19.5 Å². The molecule has 0 aromatic carbocycles. The van der Waals surface area contributed by atoms with Crippen LogP contribution < -0.4 is 0 Å². The Morgan fingerprint density at radius 3 is 2.70 bits per heavy atom. The summed E-state index contributed by atoms with van der Waals surface area (Å²) < 4.78 is 5.49. The molecule has 2 unspecified atom stereocenters. The summed E-state index contributed by atoms with van der Waals surface area (Å²) in [5.41, 5.74) is 0. The Kier molecular flexibility index (Phi) is 5.86. The highest BCUT2D eigenvalue weighted by molar-refractivity contribution is 5.88. The summed E-state index contributed by atoms with van der Waals surface area (Å²) in [7, 11) is 0. The molecule has 2 aliphatic rings. The molecule has 2 saturated heterocycles. The van der Waals surface area contributed by atoms with Gasteiger partial charge in [0.2, 0.25) is 5.91 Å². The first kappa shape index (κ1) is 17.6. The highest BCUT2D eigenvalue weighted by Crippen LogP contribution is 2.27. The summed E-state index contributed by atoms with van der Waals surface area (Å²) in [5, 5.41) is 27.7. The molecule has 0 saturated carbocycles. The van der Waals surface area contributed by atoms with E-state index >= 15 is 0 Å². The van der Waals surface area contributed by atoms with Crippen LogP contribution in [0.5, 0.6) is 0 Å². The van der Waals surface area contributed by atoms with E-state index in [1.165, 1.54) is 11.0 Å². The second-order valence-electron chi connectivity index (χ2n) is 5.78. The van der Waals surface area contributed by atoms with E-state index in [0.717, 1.165) is 6.08 Å². The lowest BCUT2D eigenvalue weighted by Gasteiger charge is -2.32. The van der Waals surface area contributed by atoms with E-state index in [1.807, 2.05) is 0 Å². The highest BCUT2D eigenvalue weighted by Gasteiger charge is 2.40. The molecular weight excluding hydrogens is 306 g/mol. The van der Waals surface area contributed by atoms with Crippen molar-refractivity contribution in [3.05, 3.63) is 12.2 Å². The Morgan fingerprint density at radius 1 is 1.35 bits per heavy atom. The molecule has 0 spiro atoms. The van der Waals surface area contributed by atoms with Gasteiger partial charge in [-0.3, -0.25) is 9.59 Å². The van der Waals surface area contributed by atoms with Crippen LogP contribution in [0.2, 0.25) is 0 Å². The van der Waals surface area contributed by atoms with Crippen molar-refractivity contribution in [2.45, 2.75) is 44.1 Å². The number of aliphatic carboxylic acids is 1. The van der Waals surface area contributed by atoms with Gasteiger partial charge in [0.1, 0.15) is 18.1 Å². The topological polar surface area (TPSA) is 124 Å². The summed E-state index contributed by atoms with van der Waals surface area (Å²) in [6.45, 7) is -0.349. The van der Waals surface area contributed by atoms with Crippen LogP contribution in [0, 0.1) is 5.92 Å². The number of carboxylic acid groups (broad SMARTS) is 1. The molecular formula is C15H21NO7. The predicted octanol–water partition coefficient (Wildman–Crippen LogP) is -0.707. The number of hydrogen-bond donors (Lipinski definition) is 3. The molecule has 2 aliphatic heterocycles. The van der Waals surface area contributed by atoms with Crippen LogP contribution in [-0.4, -0.2) is 69.5 Å². The Bertz CT molecular complexity index is 504. The number of carboxylic acids is 1. The molecule has 0 aromatic rings. The van der Waals surface area contributed by atoms with Gasteiger partial charge < -0.3 is 25.0 Å². The molecule has 2 rings (SSSR count). The number of aliphatic hydroxyl groups excluding tert-OH is 2. The number of nitrogens with zero attached hydrogens (tertiary/aromatic N) is 1. The van der Waals surface area contributed by atoms with Crippen molar-refractivity contribution in [1.29, 1.82) is 0 Å². The number of likely N-dealkylation sites (tertiary alicyclic amines) is 1. The molecule has 3 N–H and O–H groups in total. The third-order valence-corrected chi connectivity index (χ3v) is 4.14. The quantitative estimate of drug-likeness (QED) is 0.583. The van der Waals surface area contributed by atoms with Crippen molar-refractivity contribution in [2.75, 3.05) is 13.2 Å². The smallest absolute Gasteiger partial charge is 0.328 e. The number of aliphatic hydroxyl groups is 2. The summed E-state index contributed by atoms with van der Waals surface area (Å²) in [4.78, 5) is 36.4. The lowest BCUT2D eigenvalue weighted by molar-refractivity contribution is -0.150. The minimum atomic E-state index is -1.16. The third kappa shape index (κ3) is 4.37. The molecule has 2 fully saturated rings. The highest BCUT2D eigenvalue weighted by atomic mass is 16.5. The van der Waals surface area contributed by atoms with Gasteiger partial charge in [-0.2, -0.15) is 0 Å². The Labute approximate surface area is 133 Å². The zero-order valence-electron chi connectivity index (χ0n) is 12.6. The summed E-state index contributed by atoms with van der Waals surface area (Å²) in [6.07, 6.45) is 0.779. The standard InChI is InChI=1S/C15H21NO7/c17-8-12-11(19)6-14(23-12)16-7-9(4-5-15(21)22)10(18)2-1-3-13(16)20/h4-5,9,11-12,14,17,19H,1-3,6-8H2,(H,21,22)/b5-4+/t9?,11?,12-,14-/m1/s1. The Balaban J connectivity index is 2.16. The molecule has 0 aliphatic carbocycles. The van der Waals surface area contributed by atoms with Crippen LogP contribution in [0.4, 0.5) is 0 Å². The van der Waals surface area contributed by atoms with Gasteiger partial charge in [0.15, 0.2) is 0 Å². The number of amides is 1. The maximum absolute atomic E-state index is 12.3. The monoisotopic (exact) mass is 327 g/mol. The minimum absolute atomic E-state index is 0.0109. The van der Waals surface area contributed by atoms with Gasteiger partial charge in [-0.05, 0) is 6.42 Å². The first-order chi connectivity index (χ1) is 10.9. The van der Waals surface area contributed by atoms with Gasteiger partial charge >= 0.3 is 5.97 Å². The molecule has 23 heavy (non-hydrogen) atoms. The zero-order valence-corrected chi connectivity index (χ0v) is 12.6. The van der Waals surface area contributed by atoms with Crippen molar-refractivity contribution in [3.63, 3.8) is 0 Å². The van der Waals surface area contributed by atoms with Crippen LogP contribution in [0.15, 0.2) is 12.2 Å². The fourth-order valence-electron chi connectivity index (χ4n) is 2.88. The zero-order chi connectivity index (χ0) is 17.0. The van der Waals surface area contributed by atoms with E-state index in [0.29, 0.717) is 6.42 Å². The van der Waals surface area contributed by atoms with Crippen molar-refractivity contribution in [3.8, 4) is 0 Å². The maximum atomic E-state index is 12.3. The number of Topliss-reactive ketones (excluding diaryl/α,β-unsaturated/α-hetero) is 1. The third-order valence-electron chi connectivity index (χ3n) is 4.14. The van der Waals surface area contributed by atoms with Crippen molar-refractivity contribution in [2.24, 2.45) is 5.92 Å². The van der Waals surface area contributed by atoms with Gasteiger partial charge in [-0.25, -0.2) is 4.79 Å². The average molecular weight is 327 g/mol. The van der Waals surface area contributed by atoms with Gasteiger partial charge in [0.25, 0.3) is 0 Å². The number of ketones is 1. The maximum Gasteiger partial charge on any atom is 0.328 e. The van der Waals surface area contributed by atoms with E-state index in [2.05, 4.69) is 0 Å². The molecule has 2 heterocycles. The molecule has 0 bridgehead atoms. The normalized spacial score (nSPS) is 33.0. The Morgan fingerprint density at radius 2 is 2.09 bits per heavy atom. The van der Waals surface area contributed by atoms with E-state index in [1.54, 1.807) is 0 Å². The predicted molar refractivity (Wildman–Crippen MR) is 77.2 cm³/mol. The van der Waals surface area contributed by atoms with Gasteiger partial charge in [-0.1, -0.05) is 6.08 Å².